The summed E-state index contributed by atoms with van der Waals surface area (Å²) in [4.78, 5) is 27.6. The van der Waals surface area contributed by atoms with Crippen LogP contribution in [0.25, 0.3) is 0 Å². The molecule has 8 nitrogen and oxygen atoms in total. The number of anilines is 5. The second-order valence-electron chi connectivity index (χ2n) is 7.09. The molecule has 0 saturated carbocycles. The lowest BCUT2D eigenvalue weighted by Gasteiger charge is -2.20. The molecule has 0 unspecified atom stereocenters. The summed E-state index contributed by atoms with van der Waals surface area (Å²) in [5, 5.41) is 10.4. The molecule has 168 valence electrons. The third kappa shape index (κ3) is 5.43. The number of nitrogens with one attached hydrogen (secondary N) is 2. The summed E-state index contributed by atoms with van der Waals surface area (Å²) in [6.45, 7) is 3.45. The Morgan fingerprint density at radius 2 is 1.68 bits per heavy atom. The molecular formula is C26H21N5O3. The molecule has 3 aromatic carbocycles. The minimum absolute atomic E-state index is 0.310. The minimum atomic E-state index is -0.310. The zero-order valence-corrected chi connectivity index (χ0v) is 18.1. The summed E-state index contributed by atoms with van der Waals surface area (Å²) < 4.78 is 5.82. The van der Waals surface area contributed by atoms with Gasteiger partial charge in [-0.1, -0.05) is 30.8 Å². The van der Waals surface area contributed by atoms with Crippen LogP contribution in [0.3, 0.4) is 0 Å². The average Bonchev–Trinajstić information content (AvgIpc) is 2.87. The molecule has 0 aliphatic carbocycles. The quantitative estimate of drug-likeness (QED) is 0.170. The number of hydrogen-bond donors (Lipinski definition) is 2. The van der Waals surface area contributed by atoms with Crippen molar-refractivity contribution in [1.82, 2.24) is 4.98 Å². The fraction of sp³-hybridized carbons (Fsp3) is 0. The van der Waals surface area contributed by atoms with E-state index in [0.717, 1.165) is 0 Å². The molecule has 1 heterocycles. The van der Waals surface area contributed by atoms with Crippen molar-refractivity contribution in [3.8, 4) is 11.5 Å². The van der Waals surface area contributed by atoms with Gasteiger partial charge in [0, 0.05) is 17.6 Å². The highest BCUT2D eigenvalue weighted by Crippen LogP contribution is 2.35. The van der Waals surface area contributed by atoms with E-state index in [1.165, 1.54) is 11.1 Å². The summed E-state index contributed by atoms with van der Waals surface area (Å²) in [5.41, 5.74) is 2.89. The standard InChI is InChI=1S/C26H21N5O3/c1-2-26(32)29-20-8-6-7-19(17-20)28-24-18-27-16-15-25(24)31(30-33)21-11-13-23(14-12-21)34-22-9-4-3-5-10-22/h2-18,28H,1H2,(H,29,32). The SMILES string of the molecule is C=CC(=O)Nc1cccc(Nc2cnccc2N(N=O)c2ccc(Oc3ccccc3)cc2)c1. The number of carbonyl (C=O) groups excluding carboxylic acids is 1. The van der Waals surface area contributed by atoms with Crippen molar-refractivity contribution in [1.29, 1.82) is 0 Å². The molecule has 0 aliphatic heterocycles. The van der Waals surface area contributed by atoms with Crippen LogP contribution in [-0.2, 0) is 4.79 Å². The number of carbonyl (C=O) groups is 1. The lowest BCUT2D eigenvalue weighted by atomic mass is 10.2. The number of pyridine rings is 1. The Labute approximate surface area is 196 Å². The van der Waals surface area contributed by atoms with Crippen LogP contribution in [0, 0.1) is 4.91 Å². The maximum Gasteiger partial charge on any atom is 0.247 e. The summed E-state index contributed by atoms with van der Waals surface area (Å²) in [5.74, 6) is 1.04. The molecule has 1 aromatic heterocycles. The normalized spacial score (nSPS) is 10.1. The van der Waals surface area contributed by atoms with Crippen molar-refractivity contribution >= 4 is 34.3 Å². The smallest absolute Gasteiger partial charge is 0.247 e. The number of rotatable bonds is 9. The van der Waals surface area contributed by atoms with E-state index in [1.54, 1.807) is 60.9 Å². The zero-order chi connectivity index (χ0) is 23.8. The second-order valence-corrected chi connectivity index (χ2v) is 7.09. The van der Waals surface area contributed by atoms with E-state index in [9.17, 15) is 9.70 Å². The van der Waals surface area contributed by atoms with Crippen LogP contribution in [0.15, 0.2) is 115 Å². The molecule has 8 heteroatoms. The van der Waals surface area contributed by atoms with E-state index in [2.05, 4.69) is 27.5 Å². The third-order valence-corrected chi connectivity index (χ3v) is 4.76. The van der Waals surface area contributed by atoms with Crippen molar-refractivity contribution in [2.24, 2.45) is 5.29 Å². The average molecular weight is 451 g/mol. The van der Waals surface area contributed by atoms with Gasteiger partial charge in [0.1, 0.15) is 11.5 Å². The molecule has 0 saturated heterocycles. The molecule has 0 fully saturated rings. The first-order valence-corrected chi connectivity index (χ1v) is 10.4. The van der Waals surface area contributed by atoms with Crippen molar-refractivity contribution in [3.05, 3.63) is 115 Å². The highest BCUT2D eigenvalue weighted by molar-refractivity contribution is 5.99. The first-order chi connectivity index (χ1) is 16.7. The highest BCUT2D eigenvalue weighted by Gasteiger charge is 2.15. The van der Waals surface area contributed by atoms with Crippen LogP contribution in [0.2, 0.25) is 0 Å². The predicted molar refractivity (Wildman–Crippen MR) is 134 cm³/mol. The molecule has 4 aromatic rings. The Balaban J connectivity index is 1.56. The summed E-state index contributed by atoms with van der Waals surface area (Å²) in [6, 6.07) is 25.3. The van der Waals surface area contributed by atoms with Crippen molar-refractivity contribution < 1.29 is 9.53 Å². The molecule has 0 atom stereocenters. The Morgan fingerprint density at radius 3 is 2.41 bits per heavy atom. The van der Waals surface area contributed by atoms with Crippen LogP contribution in [0.4, 0.5) is 28.4 Å². The van der Waals surface area contributed by atoms with Gasteiger partial charge in [0.15, 0.2) is 0 Å². The van der Waals surface area contributed by atoms with Gasteiger partial charge < -0.3 is 15.4 Å². The van der Waals surface area contributed by atoms with Gasteiger partial charge in [-0.15, -0.1) is 4.91 Å². The van der Waals surface area contributed by atoms with Crippen LogP contribution in [0.5, 0.6) is 11.5 Å². The van der Waals surface area contributed by atoms with Crippen LogP contribution >= 0.6 is 0 Å². The molecule has 2 N–H and O–H groups in total. The molecule has 0 spiro atoms. The molecule has 4 rings (SSSR count). The number of ether oxygens (including phenoxy) is 1. The Bertz CT molecular complexity index is 1290. The van der Waals surface area contributed by atoms with Gasteiger partial charge in [-0.2, -0.15) is 5.01 Å². The number of hydrogen-bond acceptors (Lipinski definition) is 6. The van der Waals surface area contributed by atoms with Crippen LogP contribution < -0.4 is 20.4 Å². The first kappa shape index (κ1) is 22.2. The number of aromatic nitrogens is 1. The molecule has 0 radical (unpaired) electrons. The minimum Gasteiger partial charge on any atom is -0.457 e. The van der Waals surface area contributed by atoms with E-state index in [4.69, 9.17) is 4.74 Å². The molecule has 34 heavy (non-hydrogen) atoms. The molecular weight excluding hydrogens is 430 g/mol. The number of para-hydroxylation sites is 1. The van der Waals surface area contributed by atoms with Gasteiger partial charge in [0.05, 0.1) is 28.5 Å². The van der Waals surface area contributed by atoms with Gasteiger partial charge in [-0.05, 0) is 66.7 Å². The topological polar surface area (TPSA) is 95.9 Å². The van der Waals surface area contributed by atoms with Crippen LogP contribution in [-0.4, -0.2) is 10.9 Å². The third-order valence-electron chi connectivity index (χ3n) is 4.76. The van der Waals surface area contributed by atoms with E-state index in [-0.39, 0.29) is 5.91 Å². The van der Waals surface area contributed by atoms with E-state index in [1.807, 2.05) is 36.4 Å². The molecule has 0 aliphatic rings. The summed E-state index contributed by atoms with van der Waals surface area (Å²) in [6.07, 6.45) is 4.37. The van der Waals surface area contributed by atoms with Crippen molar-refractivity contribution in [2.75, 3.05) is 15.6 Å². The lowest BCUT2D eigenvalue weighted by Crippen LogP contribution is -2.10. The van der Waals surface area contributed by atoms with Crippen molar-refractivity contribution in [3.63, 3.8) is 0 Å². The largest absolute Gasteiger partial charge is 0.457 e. The van der Waals surface area contributed by atoms with E-state index < -0.39 is 0 Å². The number of benzene rings is 3. The second kappa shape index (κ2) is 10.6. The number of amides is 1. The van der Waals surface area contributed by atoms with Crippen molar-refractivity contribution in [2.45, 2.75) is 0 Å². The number of nitrogens with zero attached hydrogens (tertiary/aromatic N) is 3. The summed E-state index contributed by atoms with van der Waals surface area (Å²) in [7, 11) is 0. The van der Waals surface area contributed by atoms with Gasteiger partial charge in [0.25, 0.3) is 0 Å². The lowest BCUT2D eigenvalue weighted by molar-refractivity contribution is -0.111. The molecule has 0 bridgehead atoms. The Morgan fingerprint density at radius 1 is 0.941 bits per heavy atom. The van der Waals surface area contributed by atoms with Gasteiger partial charge >= 0.3 is 0 Å². The van der Waals surface area contributed by atoms with E-state index >= 15 is 0 Å². The van der Waals surface area contributed by atoms with Gasteiger partial charge in [0.2, 0.25) is 5.91 Å². The first-order valence-electron chi connectivity index (χ1n) is 10.4. The summed E-state index contributed by atoms with van der Waals surface area (Å²) >= 11 is 0. The Kier molecular flexibility index (Phi) is 6.90. The fourth-order valence-electron chi connectivity index (χ4n) is 3.20. The maximum absolute atomic E-state index is 11.8. The fourth-order valence-corrected chi connectivity index (χ4v) is 3.20. The van der Waals surface area contributed by atoms with E-state index in [0.29, 0.717) is 39.9 Å². The Hall–Kier alpha value is -4.98. The van der Waals surface area contributed by atoms with Crippen LogP contribution in [0.1, 0.15) is 0 Å². The number of nitroso groups, excluding NO2 is 1. The van der Waals surface area contributed by atoms with Gasteiger partial charge in [-0.25, -0.2) is 0 Å². The van der Waals surface area contributed by atoms with Gasteiger partial charge in [-0.3, -0.25) is 9.78 Å². The maximum atomic E-state index is 11.8. The highest BCUT2D eigenvalue weighted by atomic mass is 16.5. The zero-order valence-electron chi connectivity index (χ0n) is 18.1. The molecule has 1 amide bonds. The predicted octanol–water partition coefficient (Wildman–Crippen LogP) is 6.56. The monoisotopic (exact) mass is 451 g/mol.